The lowest BCUT2D eigenvalue weighted by molar-refractivity contribution is 0.0802. The number of likely N-dealkylation sites (N-methyl/N-ethyl adjacent to an activating group) is 1. The minimum Gasteiger partial charge on any atom is -0.377 e. The molecule has 0 amide bonds. The van der Waals surface area contributed by atoms with Gasteiger partial charge in [-0.2, -0.15) is 0 Å². The third-order valence-electron chi connectivity index (χ3n) is 2.63. The molecule has 0 aliphatic carbocycles. The zero-order valence-corrected chi connectivity index (χ0v) is 9.33. The molecular weight excluding hydrogens is 178 g/mol. The maximum absolute atomic E-state index is 5.71. The van der Waals surface area contributed by atoms with E-state index in [9.17, 15) is 0 Å². The molecule has 0 saturated carbocycles. The fourth-order valence-electron chi connectivity index (χ4n) is 1.76. The van der Waals surface area contributed by atoms with Crippen LogP contribution < -0.4 is 11.1 Å². The molecule has 0 spiro atoms. The van der Waals surface area contributed by atoms with Gasteiger partial charge in [-0.3, -0.25) is 0 Å². The summed E-state index contributed by atoms with van der Waals surface area (Å²) in [5.74, 6) is 0. The Hall–Kier alpha value is -0.160. The zero-order chi connectivity index (χ0) is 10.4. The summed E-state index contributed by atoms with van der Waals surface area (Å²) in [6, 6.07) is 0.331. The number of ether oxygens (including phenoxy) is 1. The van der Waals surface area contributed by atoms with E-state index >= 15 is 0 Å². The summed E-state index contributed by atoms with van der Waals surface area (Å²) in [4.78, 5) is 2.16. The first-order valence-corrected chi connectivity index (χ1v) is 5.44. The molecule has 0 aromatic heterocycles. The Morgan fingerprint density at radius 2 is 2.36 bits per heavy atom. The van der Waals surface area contributed by atoms with Gasteiger partial charge in [0.15, 0.2) is 0 Å². The first-order chi connectivity index (χ1) is 6.74. The fourth-order valence-corrected chi connectivity index (χ4v) is 1.76. The molecule has 2 unspecified atom stereocenters. The predicted octanol–water partition coefficient (Wildman–Crippen LogP) is -0.356. The second-order valence-electron chi connectivity index (χ2n) is 4.15. The van der Waals surface area contributed by atoms with Crippen LogP contribution in [0, 0.1) is 0 Å². The Morgan fingerprint density at radius 1 is 1.57 bits per heavy atom. The Bertz CT molecular complexity index is 146. The molecular formula is C10H23N3O. The number of nitrogens with two attached hydrogens (primary N) is 1. The van der Waals surface area contributed by atoms with Crippen LogP contribution in [-0.2, 0) is 4.74 Å². The molecule has 1 rings (SSSR count). The van der Waals surface area contributed by atoms with Crippen molar-refractivity contribution in [3.63, 3.8) is 0 Å². The van der Waals surface area contributed by atoms with Crippen molar-refractivity contribution in [3.05, 3.63) is 0 Å². The van der Waals surface area contributed by atoms with Crippen LogP contribution in [0.4, 0.5) is 0 Å². The van der Waals surface area contributed by atoms with E-state index in [0.29, 0.717) is 18.7 Å². The van der Waals surface area contributed by atoms with Crippen molar-refractivity contribution in [3.8, 4) is 0 Å². The van der Waals surface area contributed by atoms with Gasteiger partial charge in [0.1, 0.15) is 0 Å². The Labute approximate surface area is 86.8 Å². The van der Waals surface area contributed by atoms with Gasteiger partial charge in [-0.1, -0.05) is 0 Å². The number of hydrogen-bond donors (Lipinski definition) is 2. The summed E-state index contributed by atoms with van der Waals surface area (Å²) < 4.78 is 5.61. The maximum Gasteiger partial charge on any atom is 0.0741 e. The van der Waals surface area contributed by atoms with Crippen LogP contribution in [0.5, 0.6) is 0 Å². The topological polar surface area (TPSA) is 50.5 Å². The molecule has 4 nitrogen and oxygen atoms in total. The monoisotopic (exact) mass is 201 g/mol. The number of rotatable bonds is 6. The number of nitrogens with zero attached hydrogens (tertiary/aromatic N) is 1. The van der Waals surface area contributed by atoms with Crippen LogP contribution in [0.2, 0.25) is 0 Å². The molecule has 1 saturated heterocycles. The molecule has 14 heavy (non-hydrogen) atoms. The van der Waals surface area contributed by atoms with Crippen molar-refractivity contribution in [2.75, 3.05) is 40.3 Å². The summed E-state index contributed by atoms with van der Waals surface area (Å²) in [5.41, 5.74) is 5.71. The minimum absolute atomic E-state index is 0.331. The van der Waals surface area contributed by atoms with Crippen LogP contribution in [0.25, 0.3) is 0 Å². The van der Waals surface area contributed by atoms with Crippen molar-refractivity contribution in [2.45, 2.75) is 25.0 Å². The summed E-state index contributed by atoms with van der Waals surface area (Å²) in [5, 5.41) is 3.45. The van der Waals surface area contributed by atoms with Gasteiger partial charge in [0, 0.05) is 32.3 Å². The van der Waals surface area contributed by atoms with Crippen LogP contribution in [0.15, 0.2) is 0 Å². The van der Waals surface area contributed by atoms with Crippen molar-refractivity contribution < 1.29 is 4.74 Å². The predicted molar refractivity (Wildman–Crippen MR) is 58.4 cm³/mol. The van der Waals surface area contributed by atoms with Crippen molar-refractivity contribution in [1.82, 2.24) is 10.2 Å². The van der Waals surface area contributed by atoms with E-state index in [1.165, 1.54) is 6.42 Å². The minimum atomic E-state index is 0.331. The third-order valence-corrected chi connectivity index (χ3v) is 2.63. The van der Waals surface area contributed by atoms with Crippen molar-refractivity contribution >= 4 is 0 Å². The molecule has 3 N–H and O–H groups in total. The molecule has 1 heterocycles. The smallest absolute Gasteiger partial charge is 0.0741 e. The average molecular weight is 201 g/mol. The zero-order valence-electron chi connectivity index (χ0n) is 9.33. The van der Waals surface area contributed by atoms with Gasteiger partial charge < -0.3 is 20.7 Å². The first-order valence-electron chi connectivity index (χ1n) is 5.44. The molecule has 4 heteroatoms. The SMILES string of the molecule is CN(C)CCNC(CN)C1CCCO1. The quantitative estimate of drug-likeness (QED) is 0.616. The molecule has 0 aromatic carbocycles. The second kappa shape index (κ2) is 6.35. The molecule has 1 aliphatic heterocycles. The van der Waals surface area contributed by atoms with Gasteiger partial charge in [0.2, 0.25) is 0 Å². The molecule has 2 atom stereocenters. The molecule has 1 fully saturated rings. The van der Waals surface area contributed by atoms with Crippen LogP contribution in [0.1, 0.15) is 12.8 Å². The summed E-state index contributed by atoms with van der Waals surface area (Å²) in [7, 11) is 4.15. The molecule has 0 radical (unpaired) electrons. The Balaban J connectivity index is 2.17. The number of nitrogens with one attached hydrogen (secondary N) is 1. The maximum atomic E-state index is 5.71. The van der Waals surface area contributed by atoms with Crippen LogP contribution >= 0.6 is 0 Å². The lowest BCUT2D eigenvalue weighted by Gasteiger charge is -2.23. The van der Waals surface area contributed by atoms with Crippen LogP contribution in [0.3, 0.4) is 0 Å². The van der Waals surface area contributed by atoms with E-state index < -0.39 is 0 Å². The lowest BCUT2D eigenvalue weighted by atomic mass is 10.1. The normalized spacial score (nSPS) is 24.4. The van der Waals surface area contributed by atoms with Gasteiger partial charge in [0.25, 0.3) is 0 Å². The van der Waals surface area contributed by atoms with Crippen LogP contribution in [-0.4, -0.2) is 57.4 Å². The van der Waals surface area contributed by atoms with Gasteiger partial charge in [-0.15, -0.1) is 0 Å². The summed E-state index contributed by atoms with van der Waals surface area (Å²) in [6.07, 6.45) is 2.66. The highest BCUT2D eigenvalue weighted by atomic mass is 16.5. The van der Waals surface area contributed by atoms with Gasteiger partial charge in [-0.05, 0) is 26.9 Å². The highest BCUT2D eigenvalue weighted by Crippen LogP contribution is 2.14. The van der Waals surface area contributed by atoms with E-state index in [-0.39, 0.29) is 0 Å². The van der Waals surface area contributed by atoms with E-state index in [1.54, 1.807) is 0 Å². The fraction of sp³-hybridized carbons (Fsp3) is 1.00. The second-order valence-corrected chi connectivity index (χ2v) is 4.15. The summed E-state index contributed by atoms with van der Waals surface area (Å²) >= 11 is 0. The number of hydrogen-bond acceptors (Lipinski definition) is 4. The third kappa shape index (κ3) is 3.92. The van der Waals surface area contributed by atoms with E-state index in [0.717, 1.165) is 26.1 Å². The Kier molecular flexibility index (Phi) is 5.40. The highest BCUT2D eigenvalue weighted by molar-refractivity contribution is 4.81. The standard InChI is InChI=1S/C10H23N3O/c1-13(2)6-5-12-9(8-11)10-4-3-7-14-10/h9-10,12H,3-8,11H2,1-2H3. The molecule has 84 valence electrons. The summed E-state index contributed by atoms with van der Waals surface area (Å²) in [6.45, 7) is 3.59. The molecule has 0 bridgehead atoms. The van der Waals surface area contributed by atoms with E-state index in [1.807, 2.05) is 0 Å². The molecule has 1 aliphatic rings. The van der Waals surface area contributed by atoms with E-state index in [2.05, 4.69) is 24.3 Å². The van der Waals surface area contributed by atoms with Gasteiger partial charge in [-0.25, -0.2) is 0 Å². The Morgan fingerprint density at radius 3 is 2.86 bits per heavy atom. The van der Waals surface area contributed by atoms with Gasteiger partial charge in [0.05, 0.1) is 6.10 Å². The van der Waals surface area contributed by atoms with Gasteiger partial charge >= 0.3 is 0 Å². The van der Waals surface area contributed by atoms with E-state index in [4.69, 9.17) is 10.5 Å². The first kappa shape index (κ1) is 11.9. The average Bonchev–Trinajstić information content (AvgIpc) is 2.64. The molecule has 0 aromatic rings. The lowest BCUT2D eigenvalue weighted by Crippen LogP contribution is -2.47. The van der Waals surface area contributed by atoms with Crippen molar-refractivity contribution in [2.24, 2.45) is 5.73 Å². The van der Waals surface area contributed by atoms with Crippen molar-refractivity contribution in [1.29, 1.82) is 0 Å². The largest absolute Gasteiger partial charge is 0.377 e. The highest BCUT2D eigenvalue weighted by Gasteiger charge is 2.23.